The molecule has 5 heteroatoms. The molecule has 0 aliphatic heterocycles. The number of ether oxygens (including phenoxy) is 2. The molecule has 1 amide bonds. The van der Waals surface area contributed by atoms with E-state index in [1.54, 1.807) is 6.21 Å². The van der Waals surface area contributed by atoms with Gasteiger partial charge in [-0.3, -0.25) is 4.79 Å². The molecule has 138 valence electrons. The molecule has 0 heterocycles. The van der Waals surface area contributed by atoms with Gasteiger partial charge in [-0.05, 0) is 30.5 Å². The van der Waals surface area contributed by atoms with Gasteiger partial charge in [0.05, 0.1) is 25.8 Å². The Kier molecular flexibility index (Phi) is 8.19. The number of hydrogen-bond acceptors (Lipinski definition) is 4. The first kappa shape index (κ1) is 19.5. The highest BCUT2D eigenvalue weighted by molar-refractivity contribution is 5.86. The van der Waals surface area contributed by atoms with Crippen molar-refractivity contribution >= 4 is 12.1 Å². The van der Waals surface area contributed by atoms with Gasteiger partial charge in [-0.1, -0.05) is 44.2 Å². The number of hydrogen-bond donors (Lipinski definition) is 1. The van der Waals surface area contributed by atoms with E-state index >= 15 is 0 Å². The van der Waals surface area contributed by atoms with E-state index in [2.05, 4.69) is 24.4 Å². The van der Waals surface area contributed by atoms with Crippen molar-refractivity contribution in [3.8, 4) is 11.5 Å². The van der Waals surface area contributed by atoms with E-state index in [9.17, 15) is 4.79 Å². The number of carbonyl (C=O) groups excluding carboxylic acids is 1. The molecule has 0 atom stereocenters. The van der Waals surface area contributed by atoms with E-state index in [0.717, 1.165) is 29.7 Å². The van der Waals surface area contributed by atoms with Crippen LogP contribution in [0.15, 0.2) is 53.6 Å². The average molecular weight is 354 g/mol. The first-order chi connectivity index (χ1) is 12.7. The number of nitrogens with zero attached hydrogens (tertiary/aromatic N) is 1. The van der Waals surface area contributed by atoms with Crippen molar-refractivity contribution in [2.75, 3.05) is 13.2 Å². The minimum absolute atomic E-state index is 0.161. The number of nitrogens with one attached hydrogen (secondary N) is 1. The van der Waals surface area contributed by atoms with E-state index in [1.807, 2.05) is 48.5 Å². The Balaban J connectivity index is 1.99. The fraction of sp³-hybridized carbons (Fsp3) is 0.333. The van der Waals surface area contributed by atoms with Crippen molar-refractivity contribution in [3.05, 3.63) is 59.7 Å². The first-order valence-electron chi connectivity index (χ1n) is 8.98. The van der Waals surface area contributed by atoms with Crippen molar-refractivity contribution in [2.45, 2.75) is 33.1 Å². The molecule has 2 rings (SSSR count). The van der Waals surface area contributed by atoms with Crippen LogP contribution >= 0.6 is 0 Å². The number of benzene rings is 2. The molecule has 2 aromatic carbocycles. The summed E-state index contributed by atoms with van der Waals surface area (Å²) in [4.78, 5) is 12.0. The lowest BCUT2D eigenvalue weighted by Crippen LogP contribution is -2.19. The lowest BCUT2D eigenvalue weighted by molar-refractivity contribution is -0.120. The summed E-state index contributed by atoms with van der Waals surface area (Å²) in [5.41, 5.74) is 4.30. The summed E-state index contributed by atoms with van der Waals surface area (Å²) < 4.78 is 11.4. The van der Waals surface area contributed by atoms with Gasteiger partial charge in [-0.25, -0.2) is 5.43 Å². The molecule has 0 aliphatic carbocycles. The standard InChI is InChI=1S/C21H26N2O3/c1-3-12-25-19-11-10-18(20(15-19)26-13-4-2)16-22-23-21(24)14-17-8-6-5-7-9-17/h5-11,15-16H,3-4,12-14H2,1-2H3,(H,23,24)/b22-16+. The SMILES string of the molecule is CCCOc1ccc(/C=N/NC(=O)Cc2ccccc2)c(OCCC)c1. The smallest absolute Gasteiger partial charge is 0.244 e. The normalized spacial score (nSPS) is 10.7. The fourth-order valence-corrected chi connectivity index (χ4v) is 2.26. The van der Waals surface area contributed by atoms with Crippen molar-refractivity contribution in [3.63, 3.8) is 0 Å². The molecule has 0 unspecified atom stereocenters. The largest absolute Gasteiger partial charge is 0.493 e. The molecule has 0 fully saturated rings. The molecule has 0 aromatic heterocycles. The molecule has 1 N–H and O–H groups in total. The van der Waals surface area contributed by atoms with Gasteiger partial charge in [0.25, 0.3) is 0 Å². The van der Waals surface area contributed by atoms with Crippen molar-refractivity contribution in [1.82, 2.24) is 5.43 Å². The van der Waals surface area contributed by atoms with Crippen LogP contribution in [0.5, 0.6) is 11.5 Å². The molecule has 0 aliphatic rings. The third-order valence-corrected chi connectivity index (χ3v) is 3.52. The predicted molar refractivity (Wildman–Crippen MR) is 104 cm³/mol. The molecular formula is C21H26N2O3. The number of carbonyl (C=O) groups is 1. The van der Waals surface area contributed by atoms with Crippen LogP contribution in [0.25, 0.3) is 0 Å². The van der Waals surface area contributed by atoms with Gasteiger partial charge in [0.1, 0.15) is 11.5 Å². The van der Waals surface area contributed by atoms with Crippen LogP contribution in [-0.4, -0.2) is 25.3 Å². The van der Waals surface area contributed by atoms with E-state index < -0.39 is 0 Å². The van der Waals surface area contributed by atoms with Crippen LogP contribution in [0.1, 0.15) is 37.8 Å². The minimum Gasteiger partial charge on any atom is -0.493 e. The Morgan fingerprint density at radius 2 is 1.77 bits per heavy atom. The Morgan fingerprint density at radius 3 is 2.50 bits per heavy atom. The summed E-state index contributed by atoms with van der Waals surface area (Å²) in [5, 5.41) is 4.05. The molecule has 0 saturated heterocycles. The maximum absolute atomic E-state index is 12.0. The highest BCUT2D eigenvalue weighted by Gasteiger charge is 2.06. The second-order valence-electron chi connectivity index (χ2n) is 5.85. The van der Waals surface area contributed by atoms with Gasteiger partial charge in [-0.15, -0.1) is 0 Å². The lowest BCUT2D eigenvalue weighted by atomic mass is 10.1. The minimum atomic E-state index is -0.161. The molecule has 2 aromatic rings. The van der Waals surface area contributed by atoms with E-state index in [-0.39, 0.29) is 5.91 Å². The zero-order valence-corrected chi connectivity index (χ0v) is 15.4. The van der Waals surface area contributed by atoms with Gasteiger partial charge in [0.15, 0.2) is 0 Å². The highest BCUT2D eigenvalue weighted by Crippen LogP contribution is 2.24. The zero-order chi connectivity index (χ0) is 18.6. The third kappa shape index (κ3) is 6.59. The molecule has 0 bridgehead atoms. The van der Waals surface area contributed by atoms with Crippen LogP contribution < -0.4 is 14.9 Å². The Labute approximate surface area is 155 Å². The van der Waals surface area contributed by atoms with Crippen LogP contribution in [0.2, 0.25) is 0 Å². The summed E-state index contributed by atoms with van der Waals surface area (Å²) in [6.45, 7) is 5.39. The first-order valence-corrected chi connectivity index (χ1v) is 8.98. The second kappa shape index (κ2) is 10.9. The highest BCUT2D eigenvalue weighted by atomic mass is 16.5. The van der Waals surface area contributed by atoms with Crippen molar-refractivity contribution in [2.24, 2.45) is 5.10 Å². The molecule has 26 heavy (non-hydrogen) atoms. The number of rotatable bonds is 10. The summed E-state index contributed by atoms with van der Waals surface area (Å²) in [6, 6.07) is 15.2. The van der Waals surface area contributed by atoms with E-state index in [0.29, 0.717) is 25.4 Å². The van der Waals surface area contributed by atoms with Crippen LogP contribution in [-0.2, 0) is 11.2 Å². The molecule has 0 radical (unpaired) electrons. The molecule has 5 nitrogen and oxygen atoms in total. The Hall–Kier alpha value is -2.82. The van der Waals surface area contributed by atoms with Crippen LogP contribution in [0.3, 0.4) is 0 Å². The van der Waals surface area contributed by atoms with E-state index in [4.69, 9.17) is 9.47 Å². The third-order valence-electron chi connectivity index (χ3n) is 3.52. The zero-order valence-electron chi connectivity index (χ0n) is 15.4. The molecule has 0 spiro atoms. The second-order valence-corrected chi connectivity index (χ2v) is 5.85. The Bertz CT molecular complexity index is 714. The van der Waals surface area contributed by atoms with Gasteiger partial charge < -0.3 is 9.47 Å². The number of amides is 1. The van der Waals surface area contributed by atoms with Gasteiger partial charge in [0.2, 0.25) is 5.91 Å². The van der Waals surface area contributed by atoms with Gasteiger partial charge in [-0.2, -0.15) is 5.10 Å². The van der Waals surface area contributed by atoms with Gasteiger partial charge >= 0.3 is 0 Å². The monoisotopic (exact) mass is 354 g/mol. The quantitative estimate of drug-likeness (QED) is 0.519. The van der Waals surface area contributed by atoms with Crippen molar-refractivity contribution in [1.29, 1.82) is 0 Å². The molecular weight excluding hydrogens is 328 g/mol. The lowest BCUT2D eigenvalue weighted by Gasteiger charge is -2.11. The topological polar surface area (TPSA) is 59.9 Å². The van der Waals surface area contributed by atoms with Crippen molar-refractivity contribution < 1.29 is 14.3 Å². The van der Waals surface area contributed by atoms with E-state index in [1.165, 1.54) is 0 Å². The summed E-state index contributed by atoms with van der Waals surface area (Å²) in [5.74, 6) is 1.30. The number of hydrazone groups is 1. The maximum atomic E-state index is 12.0. The predicted octanol–water partition coefficient (Wildman–Crippen LogP) is 3.96. The molecule has 0 saturated carbocycles. The van der Waals surface area contributed by atoms with Gasteiger partial charge in [0, 0.05) is 11.6 Å². The summed E-state index contributed by atoms with van der Waals surface area (Å²) in [7, 11) is 0. The summed E-state index contributed by atoms with van der Waals surface area (Å²) in [6.07, 6.45) is 3.74. The average Bonchev–Trinajstić information content (AvgIpc) is 2.66. The maximum Gasteiger partial charge on any atom is 0.244 e. The van der Waals surface area contributed by atoms with Crippen LogP contribution in [0.4, 0.5) is 0 Å². The Morgan fingerprint density at radius 1 is 1.04 bits per heavy atom. The van der Waals surface area contributed by atoms with Crippen LogP contribution in [0, 0.1) is 0 Å². The fourth-order valence-electron chi connectivity index (χ4n) is 2.26. The summed E-state index contributed by atoms with van der Waals surface area (Å²) >= 11 is 0.